The molecule has 0 atom stereocenters. The summed E-state index contributed by atoms with van der Waals surface area (Å²) < 4.78 is 0. The SMILES string of the molecule is Cc1cccc(Nc2cnc(N)cn2)c1C. The number of rotatable bonds is 2. The lowest BCUT2D eigenvalue weighted by Gasteiger charge is -2.10. The van der Waals surface area contributed by atoms with E-state index in [9.17, 15) is 0 Å². The van der Waals surface area contributed by atoms with Gasteiger partial charge in [0.1, 0.15) is 11.6 Å². The van der Waals surface area contributed by atoms with Gasteiger partial charge in [0.25, 0.3) is 0 Å². The summed E-state index contributed by atoms with van der Waals surface area (Å²) in [4.78, 5) is 8.13. The van der Waals surface area contributed by atoms with E-state index in [1.165, 1.54) is 17.3 Å². The van der Waals surface area contributed by atoms with E-state index >= 15 is 0 Å². The number of aromatic nitrogens is 2. The minimum absolute atomic E-state index is 0.423. The molecule has 0 saturated carbocycles. The summed E-state index contributed by atoms with van der Waals surface area (Å²) in [5.41, 5.74) is 8.97. The third-order valence-corrected chi connectivity index (χ3v) is 2.54. The van der Waals surface area contributed by atoms with E-state index in [0.29, 0.717) is 11.6 Å². The molecule has 0 bridgehead atoms. The maximum atomic E-state index is 5.47. The molecule has 0 fully saturated rings. The molecule has 1 aromatic carbocycles. The number of nitrogens with two attached hydrogens (primary N) is 1. The smallest absolute Gasteiger partial charge is 0.149 e. The van der Waals surface area contributed by atoms with E-state index in [-0.39, 0.29) is 0 Å². The molecule has 0 radical (unpaired) electrons. The van der Waals surface area contributed by atoms with Crippen LogP contribution in [0.15, 0.2) is 30.6 Å². The molecule has 0 amide bonds. The van der Waals surface area contributed by atoms with Gasteiger partial charge in [0.05, 0.1) is 12.4 Å². The molecule has 1 heterocycles. The zero-order chi connectivity index (χ0) is 11.5. The second-order valence-electron chi connectivity index (χ2n) is 3.70. The molecular weight excluding hydrogens is 200 g/mol. The van der Waals surface area contributed by atoms with Gasteiger partial charge >= 0.3 is 0 Å². The van der Waals surface area contributed by atoms with Crippen molar-refractivity contribution < 1.29 is 0 Å². The Morgan fingerprint density at radius 3 is 2.62 bits per heavy atom. The van der Waals surface area contributed by atoms with Crippen molar-refractivity contribution in [2.75, 3.05) is 11.1 Å². The Kier molecular flexibility index (Phi) is 2.72. The maximum absolute atomic E-state index is 5.47. The lowest BCUT2D eigenvalue weighted by Crippen LogP contribution is -1.99. The van der Waals surface area contributed by atoms with E-state index in [4.69, 9.17) is 5.73 Å². The zero-order valence-electron chi connectivity index (χ0n) is 9.36. The molecule has 82 valence electrons. The zero-order valence-corrected chi connectivity index (χ0v) is 9.36. The predicted octanol–water partition coefficient (Wildman–Crippen LogP) is 2.42. The highest BCUT2D eigenvalue weighted by atomic mass is 15.0. The van der Waals surface area contributed by atoms with Gasteiger partial charge in [-0.3, -0.25) is 0 Å². The molecule has 2 aromatic rings. The Morgan fingerprint density at radius 1 is 1.12 bits per heavy atom. The molecule has 2 rings (SSSR count). The van der Waals surface area contributed by atoms with Gasteiger partial charge in [-0.1, -0.05) is 12.1 Å². The topological polar surface area (TPSA) is 63.8 Å². The number of benzene rings is 1. The summed E-state index contributed by atoms with van der Waals surface area (Å²) in [6.45, 7) is 4.15. The summed E-state index contributed by atoms with van der Waals surface area (Å²) in [5.74, 6) is 1.12. The normalized spacial score (nSPS) is 10.1. The minimum Gasteiger partial charge on any atom is -0.382 e. The van der Waals surface area contributed by atoms with Crippen LogP contribution in [-0.2, 0) is 0 Å². The molecule has 0 spiro atoms. The number of aryl methyl sites for hydroxylation is 1. The number of hydrogen-bond donors (Lipinski definition) is 2. The van der Waals surface area contributed by atoms with Crippen LogP contribution in [0.3, 0.4) is 0 Å². The number of nitrogen functional groups attached to an aromatic ring is 1. The predicted molar refractivity (Wildman–Crippen MR) is 65.6 cm³/mol. The second-order valence-corrected chi connectivity index (χ2v) is 3.70. The lowest BCUT2D eigenvalue weighted by atomic mass is 10.1. The molecular formula is C12H14N4. The van der Waals surface area contributed by atoms with E-state index < -0.39 is 0 Å². The van der Waals surface area contributed by atoms with Crippen LogP contribution in [0, 0.1) is 13.8 Å². The van der Waals surface area contributed by atoms with E-state index in [0.717, 1.165) is 5.69 Å². The van der Waals surface area contributed by atoms with Crippen molar-refractivity contribution in [3.05, 3.63) is 41.7 Å². The minimum atomic E-state index is 0.423. The van der Waals surface area contributed by atoms with Crippen molar-refractivity contribution in [2.45, 2.75) is 13.8 Å². The largest absolute Gasteiger partial charge is 0.382 e. The van der Waals surface area contributed by atoms with Crippen molar-refractivity contribution in [1.29, 1.82) is 0 Å². The fraction of sp³-hybridized carbons (Fsp3) is 0.167. The van der Waals surface area contributed by atoms with Crippen molar-refractivity contribution in [3.63, 3.8) is 0 Å². The second kappa shape index (κ2) is 4.18. The molecule has 0 unspecified atom stereocenters. The third kappa shape index (κ3) is 2.11. The fourth-order valence-corrected chi connectivity index (χ4v) is 1.43. The number of anilines is 3. The van der Waals surface area contributed by atoms with Crippen LogP contribution in [0.4, 0.5) is 17.3 Å². The van der Waals surface area contributed by atoms with Crippen LogP contribution >= 0.6 is 0 Å². The molecule has 0 aliphatic rings. The highest BCUT2D eigenvalue weighted by Crippen LogP contribution is 2.21. The van der Waals surface area contributed by atoms with E-state index in [1.807, 2.05) is 12.1 Å². The van der Waals surface area contributed by atoms with Gasteiger partial charge in [0.15, 0.2) is 0 Å². The number of nitrogens with one attached hydrogen (secondary N) is 1. The molecule has 4 nitrogen and oxygen atoms in total. The van der Waals surface area contributed by atoms with Crippen LogP contribution < -0.4 is 11.1 Å². The van der Waals surface area contributed by atoms with Gasteiger partial charge in [-0.2, -0.15) is 0 Å². The Bertz CT molecular complexity index is 491. The van der Waals surface area contributed by atoms with Crippen molar-refractivity contribution >= 4 is 17.3 Å². The monoisotopic (exact) mass is 214 g/mol. The van der Waals surface area contributed by atoms with Crippen molar-refractivity contribution in [1.82, 2.24) is 9.97 Å². The van der Waals surface area contributed by atoms with E-state index in [2.05, 4.69) is 35.2 Å². The number of hydrogen-bond acceptors (Lipinski definition) is 4. The first kappa shape index (κ1) is 10.4. The third-order valence-electron chi connectivity index (χ3n) is 2.54. The molecule has 0 saturated heterocycles. The van der Waals surface area contributed by atoms with Gasteiger partial charge < -0.3 is 11.1 Å². The first-order valence-corrected chi connectivity index (χ1v) is 5.07. The van der Waals surface area contributed by atoms with Gasteiger partial charge in [0.2, 0.25) is 0 Å². The molecule has 16 heavy (non-hydrogen) atoms. The molecule has 3 N–H and O–H groups in total. The van der Waals surface area contributed by atoms with Gasteiger partial charge in [-0.05, 0) is 31.0 Å². The van der Waals surface area contributed by atoms with Crippen LogP contribution in [0.2, 0.25) is 0 Å². The first-order valence-electron chi connectivity index (χ1n) is 5.07. The van der Waals surface area contributed by atoms with Crippen molar-refractivity contribution in [3.8, 4) is 0 Å². The highest BCUT2D eigenvalue weighted by molar-refractivity contribution is 5.61. The molecule has 0 aliphatic carbocycles. The summed E-state index contributed by atoms with van der Waals surface area (Å²) in [7, 11) is 0. The van der Waals surface area contributed by atoms with Crippen LogP contribution in [0.25, 0.3) is 0 Å². The van der Waals surface area contributed by atoms with Crippen LogP contribution in [0.1, 0.15) is 11.1 Å². The Hall–Kier alpha value is -2.10. The summed E-state index contributed by atoms with van der Waals surface area (Å²) >= 11 is 0. The van der Waals surface area contributed by atoms with Gasteiger partial charge in [0, 0.05) is 5.69 Å². The number of nitrogens with zero attached hydrogens (tertiary/aromatic N) is 2. The average Bonchev–Trinajstić information content (AvgIpc) is 2.28. The average molecular weight is 214 g/mol. The lowest BCUT2D eigenvalue weighted by molar-refractivity contribution is 1.20. The summed E-state index contributed by atoms with van der Waals surface area (Å²) in [6, 6.07) is 6.10. The quantitative estimate of drug-likeness (QED) is 0.805. The maximum Gasteiger partial charge on any atom is 0.149 e. The first-order chi connectivity index (χ1) is 7.66. The molecule has 4 heteroatoms. The van der Waals surface area contributed by atoms with Crippen LogP contribution in [0.5, 0.6) is 0 Å². The van der Waals surface area contributed by atoms with Crippen molar-refractivity contribution in [2.24, 2.45) is 0 Å². The Labute approximate surface area is 94.5 Å². The van der Waals surface area contributed by atoms with Gasteiger partial charge in [-0.25, -0.2) is 9.97 Å². The summed E-state index contributed by atoms with van der Waals surface area (Å²) in [6.07, 6.45) is 3.16. The highest BCUT2D eigenvalue weighted by Gasteiger charge is 2.01. The Morgan fingerprint density at radius 2 is 1.94 bits per heavy atom. The fourth-order valence-electron chi connectivity index (χ4n) is 1.43. The van der Waals surface area contributed by atoms with Crippen LogP contribution in [-0.4, -0.2) is 9.97 Å². The Balaban J connectivity index is 2.27. The van der Waals surface area contributed by atoms with E-state index in [1.54, 1.807) is 6.20 Å². The molecule has 1 aromatic heterocycles. The summed E-state index contributed by atoms with van der Waals surface area (Å²) in [5, 5.41) is 3.21. The van der Waals surface area contributed by atoms with Gasteiger partial charge in [-0.15, -0.1) is 0 Å². The molecule has 0 aliphatic heterocycles. The standard InChI is InChI=1S/C12H14N4/c1-8-4-3-5-10(9(8)2)16-12-7-14-11(13)6-15-12/h3-7H,1-2H3,(H2,13,14)(H,15,16).